The van der Waals surface area contributed by atoms with Gasteiger partial charge in [-0.05, 0) is 74.2 Å². The summed E-state index contributed by atoms with van der Waals surface area (Å²) < 4.78 is 19.2. The van der Waals surface area contributed by atoms with Gasteiger partial charge in [0.15, 0.2) is 0 Å². The first-order valence-electron chi connectivity index (χ1n) is 12.6. The zero-order valence-corrected chi connectivity index (χ0v) is 20.1. The number of carbonyl (C=O) groups is 1. The Labute approximate surface area is 204 Å². The maximum Gasteiger partial charge on any atom is 0.226 e. The van der Waals surface area contributed by atoms with Crippen molar-refractivity contribution >= 4 is 16.8 Å². The molecule has 184 valence electrons. The van der Waals surface area contributed by atoms with Gasteiger partial charge in [0.2, 0.25) is 5.91 Å². The number of benzene rings is 2. The zero-order valence-electron chi connectivity index (χ0n) is 20.1. The maximum absolute atomic E-state index is 13.7. The van der Waals surface area contributed by atoms with E-state index in [-0.39, 0.29) is 35.7 Å². The molecule has 1 atom stereocenters. The Morgan fingerprint density at radius 3 is 2.69 bits per heavy atom. The molecule has 6 nitrogen and oxygen atoms in total. The number of aromatic amines is 1. The molecule has 1 amide bonds. The van der Waals surface area contributed by atoms with Crippen LogP contribution in [-0.2, 0) is 16.8 Å². The van der Waals surface area contributed by atoms with Crippen molar-refractivity contribution in [2.24, 2.45) is 5.92 Å². The number of aromatic nitrogens is 1. The van der Waals surface area contributed by atoms with E-state index in [2.05, 4.69) is 16.0 Å². The van der Waals surface area contributed by atoms with Crippen LogP contribution < -0.4 is 4.74 Å². The Kier molecular flexibility index (Phi) is 5.57. The molecule has 3 heterocycles. The molecule has 2 fully saturated rings. The fourth-order valence-electron chi connectivity index (χ4n) is 6.24. The molecule has 2 aliphatic heterocycles. The first-order valence-corrected chi connectivity index (χ1v) is 12.6. The third-order valence-electron chi connectivity index (χ3n) is 8.24. The summed E-state index contributed by atoms with van der Waals surface area (Å²) in [6.45, 7) is 2.99. The second-order valence-electron chi connectivity index (χ2n) is 10.5. The number of halogens is 1. The van der Waals surface area contributed by atoms with E-state index in [0.717, 1.165) is 73.2 Å². The fourth-order valence-corrected chi connectivity index (χ4v) is 6.24. The Morgan fingerprint density at radius 2 is 2.00 bits per heavy atom. The molecule has 0 bridgehead atoms. The number of aliphatic hydroxyl groups excluding tert-OH is 1. The number of nitrogens with one attached hydrogen (secondary N) is 1. The van der Waals surface area contributed by atoms with Gasteiger partial charge < -0.3 is 19.7 Å². The number of likely N-dealkylation sites (tertiary alicyclic amines) is 1. The predicted molar refractivity (Wildman–Crippen MR) is 132 cm³/mol. The SMILES string of the molecule is COc1ccc2c3c([nH]c2c1)[C@H](CO)N(C(=O)C1CC1)CC31CCN(Cc2cccc(F)c2)CC1. The number of aliphatic hydroxyl groups is 1. The molecule has 6 rings (SSSR count). The van der Waals surface area contributed by atoms with Crippen LogP contribution in [0.15, 0.2) is 42.5 Å². The number of ether oxygens (including phenoxy) is 1. The van der Waals surface area contributed by atoms with Crippen LogP contribution in [0.2, 0.25) is 0 Å². The van der Waals surface area contributed by atoms with Gasteiger partial charge in [-0.3, -0.25) is 9.69 Å². The van der Waals surface area contributed by atoms with Crippen LogP contribution in [0.3, 0.4) is 0 Å². The van der Waals surface area contributed by atoms with Crippen molar-refractivity contribution in [3.05, 3.63) is 65.1 Å². The summed E-state index contributed by atoms with van der Waals surface area (Å²) in [4.78, 5) is 21.3. The lowest BCUT2D eigenvalue weighted by molar-refractivity contribution is -0.138. The number of nitrogens with zero attached hydrogens (tertiary/aromatic N) is 2. The quantitative estimate of drug-likeness (QED) is 0.580. The minimum Gasteiger partial charge on any atom is -0.497 e. The average Bonchev–Trinajstić information content (AvgIpc) is 3.64. The van der Waals surface area contributed by atoms with E-state index in [0.29, 0.717) is 6.54 Å². The third kappa shape index (κ3) is 3.91. The Morgan fingerprint density at radius 1 is 1.20 bits per heavy atom. The molecule has 3 aromatic rings. The van der Waals surface area contributed by atoms with Crippen molar-refractivity contribution in [1.82, 2.24) is 14.8 Å². The van der Waals surface area contributed by atoms with Crippen LogP contribution in [0.1, 0.15) is 48.5 Å². The van der Waals surface area contributed by atoms with Crippen LogP contribution in [0.4, 0.5) is 4.39 Å². The van der Waals surface area contributed by atoms with Crippen molar-refractivity contribution in [2.45, 2.75) is 43.7 Å². The van der Waals surface area contributed by atoms with Gasteiger partial charge in [-0.1, -0.05) is 12.1 Å². The molecule has 0 radical (unpaired) electrons. The van der Waals surface area contributed by atoms with Gasteiger partial charge in [0, 0.05) is 47.1 Å². The summed E-state index contributed by atoms with van der Waals surface area (Å²) in [6, 6.07) is 12.6. The Hall–Kier alpha value is -2.90. The first-order chi connectivity index (χ1) is 17.0. The summed E-state index contributed by atoms with van der Waals surface area (Å²) in [5, 5.41) is 11.6. The number of rotatable bonds is 5. The van der Waals surface area contributed by atoms with Crippen molar-refractivity contribution in [2.75, 3.05) is 33.4 Å². The lowest BCUT2D eigenvalue weighted by atomic mass is 9.68. The van der Waals surface area contributed by atoms with Crippen molar-refractivity contribution in [1.29, 1.82) is 0 Å². The van der Waals surface area contributed by atoms with Crippen molar-refractivity contribution in [3.8, 4) is 5.75 Å². The van der Waals surface area contributed by atoms with E-state index in [1.807, 2.05) is 23.1 Å². The molecule has 0 unspecified atom stereocenters. The number of piperidine rings is 1. The lowest BCUT2D eigenvalue weighted by Gasteiger charge is -2.50. The summed E-state index contributed by atoms with van der Waals surface area (Å²) in [5.41, 5.74) is 4.00. The number of amides is 1. The van der Waals surface area contributed by atoms with E-state index in [1.165, 1.54) is 11.6 Å². The molecular formula is C28H32FN3O3. The minimum atomic E-state index is -0.354. The average molecular weight is 478 g/mol. The van der Waals surface area contributed by atoms with E-state index in [9.17, 15) is 14.3 Å². The molecule has 1 saturated heterocycles. The summed E-state index contributed by atoms with van der Waals surface area (Å²) in [5.74, 6) is 0.848. The highest BCUT2D eigenvalue weighted by molar-refractivity contribution is 5.89. The second kappa shape index (κ2) is 8.64. The first kappa shape index (κ1) is 22.6. The molecule has 1 aromatic heterocycles. The summed E-state index contributed by atoms with van der Waals surface area (Å²) in [7, 11) is 1.66. The maximum atomic E-state index is 13.7. The molecule has 3 aliphatic rings. The molecule has 1 spiro atoms. The molecule has 7 heteroatoms. The number of methoxy groups -OCH3 is 1. The summed E-state index contributed by atoms with van der Waals surface area (Å²) in [6.07, 6.45) is 3.69. The van der Waals surface area contributed by atoms with E-state index in [4.69, 9.17) is 4.74 Å². The molecule has 2 N–H and O–H groups in total. The molecule has 35 heavy (non-hydrogen) atoms. The van der Waals surface area contributed by atoms with Gasteiger partial charge in [-0.2, -0.15) is 0 Å². The number of hydrogen-bond donors (Lipinski definition) is 2. The number of H-pyrrole nitrogens is 1. The van der Waals surface area contributed by atoms with Crippen LogP contribution in [0.5, 0.6) is 5.75 Å². The van der Waals surface area contributed by atoms with E-state index in [1.54, 1.807) is 19.2 Å². The van der Waals surface area contributed by atoms with Crippen molar-refractivity contribution < 1.29 is 19.0 Å². The Bertz CT molecular complexity index is 1260. The predicted octanol–water partition coefficient (Wildman–Crippen LogP) is 4.14. The second-order valence-corrected chi connectivity index (χ2v) is 10.5. The van der Waals surface area contributed by atoms with Crippen molar-refractivity contribution in [3.63, 3.8) is 0 Å². The highest BCUT2D eigenvalue weighted by Gasteiger charge is 2.50. The highest BCUT2D eigenvalue weighted by Crippen LogP contribution is 2.50. The zero-order chi connectivity index (χ0) is 24.2. The van der Waals surface area contributed by atoms with Crippen LogP contribution in [-0.4, -0.2) is 59.1 Å². The number of hydrogen-bond acceptors (Lipinski definition) is 4. The largest absolute Gasteiger partial charge is 0.497 e. The van der Waals surface area contributed by atoms with Crippen LogP contribution >= 0.6 is 0 Å². The third-order valence-corrected chi connectivity index (χ3v) is 8.24. The monoisotopic (exact) mass is 477 g/mol. The van der Waals surface area contributed by atoms with Crippen LogP contribution in [0.25, 0.3) is 10.9 Å². The molecule has 1 aliphatic carbocycles. The Balaban J connectivity index is 1.37. The van der Waals surface area contributed by atoms with Gasteiger partial charge in [0.1, 0.15) is 11.6 Å². The lowest BCUT2D eigenvalue weighted by Crippen LogP contribution is -2.55. The fraction of sp³-hybridized carbons (Fsp3) is 0.464. The topological polar surface area (TPSA) is 68.8 Å². The number of fused-ring (bicyclic) bond motifs is 4. The van der Waals surface area contributed by atoms with Gasteiger partial charge in [0.25, 0.3) is 0 Å². The normalized spacial score (nSPS) is 21.9. The highest BCUT2D eigenvalue weighted by atomic mass is 19.1. The molecule has 2 aromatic carbocycles. The van der Waals surface area contributed by atoms with Gasteiger partial charge >= 0.3 is 0 Å². The minimum absolute atomic E-state index is 0.0974. The smallest absolute Gasteiger partial charge is 0.226 e. The van der Waals surface area contributed by atoms with Gasteiger partial charge in [0.05, 0.1) is 19.8 Å². The summed E-state index contributed by atoms with van der Waals surface area (Å²) >= 11 is 0. The van der Waals surface area contributed by atoms with Crippen LogP contribution in [0, 0.1) is 11.7 Å². The van der Waals surface area contributed by atoms with Gasteiger partial charge in [-0.25, -0.2) is 4.39 Å². The van der Waals surface area contributed by atoms with E-state index < -0.39 is 0 Å². The van der Waals surface area contributed by atoms with E-state index >= 15 is 0 Å². The standard InChI is InChI=1S/C28H32FN3O3/c1-35-21-7-8-22-23(14-21)30-26-24(16-33)32(27(34)19-5-6-19)17-28(25(22)26)9-11-31(12-10-28)15-18-3-2-4-20(29)13-18/h2-4,7-8,13-14,19,24,30,33H,5-6,9-12,15-17H2,1H3/t24-/m0/s1. The molecular weight excluding hydrogens is 445 g/mol. The molecule has 1 saturated carbocycles. The van der Waals surface area contributed by atoms with Gasteiger partial charge in [-0.15, -0.1) is 0 Å². The number of carbonyl (C=O) groups excluding carboxylic acids is 1.